The zero-order valence-corrected chi connectivity index (χ0v) is 12.2. The van der Waals surface area contributed by atoms with Gasteiger partial charge in [-0.1, -0.05) is 19.8 Å². The Bertz CT molecular complexity index is 550. The molecule has 0 aliphatic rings. The van der Waals surface area contributed by atoms with Crippen molar-refractivity contribution in [3.8, 4) is 5.82 Å². The second-order valence-corrected chi connectivity index (χ2v) is 4.92. The quantitative estimate of drug-likeness (QED) is 0.808. The topological polar surface area (TPSA) is 85.8 Å². The lowest BCUT2D eigenvalue weighted by molar-refractivity contribution is 0.0935. The van der Waals surface area contributed by atoms with E-state index < -0.39 is 0 Å². The summed E-state index contributed by atoms with van der Waals surface area (Å²) >= 11 is 0. The van der Waals surface area contributed by atoms with Crippen LogP contribution in [-0.2, 0) is 0 Å². The highest BCUT2D eigenvalue weighted by molar-refractivity contribution is 5.94. The van der Waals surface area contributed by atoms with Crippen molar-refractivity contribution < 1.29 is 4.79 Å². The van der Waals surface area contributed by atoms with E-state index in [2.05, 4.69) is 22.2 Å². The predicted octanol–water partition coefficient (Wildman–Crippen LogP) is 1.51. The molecule has 0 saturated carbocycles. The normalized spacial score (nSPS) is 12.1. The van der Waals surface area contributed by atoms with Crippen LogP contribution in [-0.4, -0.2) is 33.0 Å². The molecule has 1 unspecified atom stereocenters. The molecule has 0 aliphatic heterocycles. The van der Waals surface area contributed by atoms with Gasteiger partial charge in [-0.2, -0.15) is 0 Å². The maximum absolute atomic E-state index is 12.1. The Morgan fingerprint density at radius 1 is 1.48 bits per heavy atom. The van der Waals surface area contributed by atoms with Crippen LogP contribution < -0.4 is 11.1 Å². The van der Waals surface area contributed by atoms with E-state index >= 15 is 0 Å². The number of imidazole rings is 1. The number of carbonyl (C=O) groups excluding carboxylic acids is 1. The number of aromatic nitrogens is 3. The maximum atomic E-state index is 12.1. The van der Waals surface area contributed by atoms with Crippen LogP contribution in [0.2, 0.25) is 0 Å². The summed E-state index contributed by atoms with van der Waals surface area (Å²) in [6, 6.07) is 3.57. The number of nitrogens with two attached hydrogens (primary N) is 1. The number of carbonyl (C=O) groups is 1. The van der Waals surface area contributed by atoms with E-state index in [9.17, 15) is 4.79 Å². The van der Waals surface area contributed by atoms with Gasteiger partial charge in [-0.25, -0.2) is 9.97 Å². The summed E-state index contributed by atoms with van der Waals surface area (Å²) < 4.78 is 1.78. The molecule has 0 spiro atoms. The van der Waals surface area contributed by atoms with E-state index in [0.717, 1.165) is 25.1 Å². The summed E-state index contributed by atoms with van der Waals surface area (Å²) in [6.45, 7) is 2.57. The fraction of sp³-hybridized carbons (Fsp3) is 0.400. The highest BCUT2D eigenvalue weighted by Gasteiger charge is 2.12. The van der Waals surface area contributed by atoms with Crippen molar-refractivity contribution in [2.24, 2.45) is 5.73 Å². The van der Waals surface area contributed by atoms with Crippen LogP contribution in [0.4, 0.5) is 0 Å². The molecule has 2 aromatic rings. The zero-order valence-electron chi connectivity index (χ0n) is 12.2. The van der Waals surface area contributed by atoms with Crippen molar-refractivity contribution in [1.29, 1.82) is 0 Å². The molecule has 112 valence electrons. The summed E-state index contributed by atoms with van der Waals surface area (Å²) in [7, 11) is 0. The second-order valence-electron chi connectivity index (χ2n) is 4.92. The van der Waals surface area contributed by atoms with Crippen LogP contribution in [0, 0.1) is 0 Å². The summed E-state index contributed by atoms with van der Waals surface area (Å²) in [4.78, 5) is 20.4. The van der Waals surface area contributed by atoms with Crippen molar-refractivity contribution in [3.05, 3.63) is 42.6 Å². The lowest BCUT2D eigenvalue weighted by atomic mass is 10.1. The number of hydrogen-bond acceptors (Lipinski definition) is 4. The number of hydrogen-bond donors (Lipinski definition) is 2. The zero-order chi connectivity index (χ0) is 15.1. The molecular weight excluding hydrogens is 266 g/mol. The SMILES string of the molecule is CCCCC(CN)NC(=O)c1ccc(-n2ccnc2)nc1. The fourth-order valence-electron chi connectivity index (χ4n) is 2.04. The summed E-state index contributed by atoms with van der Waals surface area (Å²) in [6.07, 6.45) is 9.77. The molecule has 1 amide bonds. The van der Waals surface area contributed by atoms with E-state index in [0.29, 0.717) is 12.1 Å². The average Bonchev–Trinajstić information content (AvgIpc) is 3.05. The van der Waals surface area contributed by atoms with E-state index in [1.807, 2.05) is 0 Å². The number of nitrogens with one attached hydrogen (secondary N) is 1. The molecule has 6 heteroatoms. The minimum absolute atomic E-state index is 0.0192. The van der Waals surface area contributed by atoms with Crippen LogP contribution >= 0.6 is 0 Å². The molecule has 6 nitrogen and oxygen atoms in total. The minimum Gasteiger partial charge on any atom is -0.348 e. The van der Waals surface area contributed by atoms with Crippen LogP contribution in [0.5, 0.6) is 0 Å². The number of rotatable bonds is 7. The first-order valence-electron chi connectivity index (χ1n) is 7.20. The van der Waals surface area contributed by atoms with Gasteiger partial charge in [-0.05, 0) is 18.6 Å². The van der Waals surface area contributed by atoms with Crippen molar-refractivity contribution in [2.45, 2.75) is 32.2 Å². The van der Waals surface area contributed by atoms with Gasteiger partial charge in [0.15, 0.2) is 0 Å². The van der Waals surface area contributed by atoms with Gasteiger partial charge in [0.2, 0.25) is 0 Å². The van der Waals surface area contributed by atoms with Gasteiger partial charge in [0.1, 0.15) is 12.1 Å². The van der Waals surface area contributed by atoms with Crippen molar-refractivity contribution >= 4 is 5.91 Å². The lowest BCUT2D eigenvalue weighted by Crippen LogP contribution is -2.40. The van der Waals surface area contributed by atoms with Gasteiger partial charge < -0.3 is 11.1 Å². The first kappa shape index (κ1) is 15.2. The van der Waals surface area contributed by atoms with Crippen molar-refractivity contribution in [1.82, 2.24) is 19.9 Å². The largest absolute Gasteiger partial charge is 0.348 e. The first-order chi connectivity index (χ1) is 10.2. The molecule has 2 aromatic heterocycles. The van der Waals surface area contributed by atoms with Crippen molar-refractivity contribution in [2.75, 3.05) is 6.54 Å². The highest BCUT2D eigenvalue weighted by Crippen LogP contribution is 2.06. The fourth-order valence-corrected chi connectivity index (χ4v) is 2.04. The van der Waals surface area contributed by atoms with Crippen LogP contribution in [0.3, 0.4) is 0 Å². The molecule has 0 fully saturated rings. The minimum atomic E-state index is -0.133. The number of unbranched alkanes of at least 4 members (excludes halogenated alkanes) is 1. The third kappa shape index (κ3) is 4.13. The standard InChI is InChI=1S/C15H21N5O/c1-2-3-4-13(9-16)19-15(21)12-5-6-14(18-10-12)20-8-7-17-11-20/h5-8,10-11,13H,2-4,9,16H2,1H3,(H,19,21). The maximum Gasteiger partial charge on any atom is 0.253 e. The van der Waals surface area contributed by atoms with Gasteiger partial charge in [-0.15, -0.1) is 0 Å². The number of nitrogens with zero attached hydrogens (tertiary/aromatic N) is 3. The first-order valence-corrected chi connectivity index (χ1v) is 7.20. The average molecular weight is 287 g/mol. The Balaban J connectivity index is 1.99. The van der Waals surface area contributed by atoms with Gasteiger partial charge in [0.05, 0.1) is 5.56 Å². The number of pyridine rings is 1. The molecule has 0 aliphatic carbocycles. The van der Waals surface area contributed by atoms with Gasteiger partial charge >= 0.3 is 0 Å². The molecule has 2 rings (SSSR count). The van der Waals surface area contributed by atoms with Gasteiger partial charge in [-0.3, -0.25) is 9.36 Å². The second kappa shape index (κ2) is 7.54. The molecule has 2 heterocycles. The summed E-state index contributed by atoms with van der Waals surface area (Å²) in [5, 5.41) is 2.95. The Labute approximate surface area is 124 Å². The Morgan fingerprint density at radius 3 is 2.90 bits per heavy atom. The summed E-state index contributed by atoms with van der Waals surface area (Å²) in [5.41, 5.74) is 6.22. The Morgan fingerprint density at radius 2 is 2.33 bits per heavy atom. The van der Waals surface area contributed by atoms with Crippen molar-refractivity contribution in [3.63, 3.8) is 0 Å². The molecular formula is C15H21N5O. The highest BCUT2D eigenvalue weighted by atomic mass is 16.1. The van der Waals surface area contributed by atoms with Crippen LogP contribution in [0.15, 0.2) is 37.1 Å². The van der Waals surface area contributed by atoms with E-state index in [1.165, 1.54) is 0 Å². The molecule has 0 bridgehead atoms. The van der Waals surface area contributed by atoms with Gasteiger partial charge in [0.25, 0.3) is 5.91 Å². The Hall–Kier alpha value is -2.21. The lowest BCUT2D eigenvalue weighted by Gasteiger charge is -2.16. The molecule has 0 saturated heterocycles. The van der Waals surface area contributed by atoms with Crippen LogP contribution in [0.1, 0.15) is 36.5 Å². The van der Waals surface area contributed by atoms with Crippen LogP contribution in [0.25, 0.3) is 5.82 Å². The summed E-state index contributed by atoms with van der Waals surface area (Å²) in [5.74, 6) is 0.594. The molecule has 0 aromatic carbocycles. The molecule has 21 heavy (non-hydrogen) atoms. The van der Waals surface area contributed by atoms with E-state index in [4.69, 9.17) is 5.73 Å². The number of amides is 1. The molecule has 1 atom stereocenters. The molecule has 3 N–H and O–H groups in total. The molecule has 0 radical (unpaired) electrons. The predicted molar refractivity (Wildman–Crippen MR) is 81.2 cm³/mol. The van der Waals surface area contributed by atoms with Gasteiger partial charge in [0, 0.05) is 31.2 Å². The smallest absolute Gasteiger partial charge is 0.253 e. The van der Waals surface area contributed by atoms with E-state index in [1.54, 1.807) is 41.6 Å². The third-order valence-electron chi connectivity index (χ3n) is 3.30. The Kier molecular flexibility index (Phi) is 5.45. The third-order valence-corrected chi connectivity index (χ3v) is 3.30. The monoisotopic (exact) mass is 287 g/mol. The van der Waals surface area contributed by atoms with E-state index in [-0.39, 0.29) is 11.9 Å².